The van der Waals surface area contributed by atoms with E-state index in [0.29, 0.717) is 12.1 Å². The molecule has 0 radical (unpaired) electrons. The van der Waals surface area contributed by atoms with Crippen LogP contribution in [-0.4, -0.2) is 76.4 Å². The molecule has 0 amide bonds. The van der Waals surface area contributed by atoms with E-state index in [4.69, 9.17) is 14.5 Å². The standard InChI is InChI=1S/C22H39N5O2.HI/c1-7-23-22(24-15-17(4)26(8-2)9-3)25-18-10-11-27(16-18)19-12-20(28-5)14-21(13-19)29-6;/h12-14,17-18H,7-11,15-16H2,1-6H3,(H2,23,24,25);1H. The normalized spacial score (nSPS) is 17.5. The number of nitrogens with one attached hydrogen (secondary N) is 2. The Kier molecular flexibility index (Phi) is 12.2. The molecule has 172 valence electrons. The molecule has 2 atom stereocenters. The minimum Gasteiger partial charge on any atom is -0.497 e. The molecule has 0 bridgehead atoms. The van der Waals surface area contributed by atoms with E-state index in [-0.39, 0.29) is 24.0 Å². The number of hydrogen-bond donors (Lipinski definition) is 2. The van der Waals surface area contributed by atoms with Crippen molar-refractivity contribution in [3.63, 3.8) is 0 Å². The van der Waals surface area contributed by atoms with Gasteiger partial charge >= 0.3 is 0 Å². The van der Waals surface area contributed by atoms with Crippen LogP contribution in [0.25, 0.3) is 0 Å². The molecule has 0 aromatic heterocycles. The fourth-order valence-electron chi connectivity index (χ4n) is 3.79. The lowest BCUT2D eigenvalue weighted by atomic mass is 10.2. The molecule has 0 spiro atoms. The van der Waals surface area contributed by atoms with Crippen molar-refractivity contribution in [1.82, 2.24) is 15.5 Å². The average molecular weight is 533 g/mol. The predicted molar refractivity (Wildman–Crippen MR) is 137 cm³/mol. The second-order valence-electron chi connectivity index (χ2n) is 7.44. The van der Waals surface area contributed by atoms with E-state index in [2.05, 4.69) is 60.3 Å². The van der Waals surface area contributed by atoms with Crippen LogP contribution in [0.3, 0.4) is 0 Å². The van der Waals surface area contributed by atoms with E-state index in [9.17, 15) is 0 Å². The van der Waals surface area contributed by atoms with Gasteiger partial charge in [-0.3, -0.25) is 9.89 Å². The molecule has 1 fully saturated rings. The van der Waals surface area contributed by atoms with Crippen molar-refractivity contribution in [3.05, 3.63) is 18.2 Å². The summed E-state index contributed by atoms with van der Waals surface area (Å²) in [6.45, 7) is 14.4. The number of hydrogen-bond acceptors (Lipinski definition) is 5. The second kappa shape index (κ2) is 13.8. The maximum atomic E-state index is 5.42. The number of halogens is 1. The first-order chi connectivity index (χ1) is 14.0. The number of aliphatic imine (C=N–C) groups is 1. The zero-order chi connectivity index (χ0) is 21.2. The van der Waals surface area contributed by atoms with Crippen LogP contribution >= 0.6 is 24.0 Å². The molecule has 1 aliphatic rings. The lowest BCUT2D eigenvalue weighted by Gasteiger charge is -2.25. The van der Waals surface area contributed by atoms with Crippen molar-refractivity contribution in [1.29, 1.82) is 0 Å². The minimum absolute atomic E-state index is 0. The smallest absolute Gasteiger partial charge is 0.191 e. The van der Waals surface area contributed by atoms with E-state index in [0.717, 1.165) is 68.8 Å². The van der Waals surface area contributed by atoms with Gasteiger partial charge in [0, 0.05) is 55.6 Å². The van der Waals surface area contributed by atoms with Crippen LogP contribution in [0.5, 0.6) is 11.5 Å². The van der Waals surface area contributed by atoms with Gasteiger partial charge in [0.25, 0.3) is 0 Å². The van der Waals surface area contributed by atoms with Crippen molar-refractivity contribution < 1.29 is 9.47 Å². The summed E-state index contributed by atoms with van der Waals surface area (Å²) in [4.78, 5) is 9.64. The Labute approximate surface area is 199 Å². The maximum absolute atomic E-state index is 5.42. The van der Waals surface area contributed by atoms with Crippen LogP contribution in [-0.2, 0) is 0 Å². The van der Waals surface area contributed by atoms with Gasteiger partial charge in [0.05, 0.1) is 20.8 Å². The van der Waals surface area contributed by atoms with Gasteiger partial charge in [0.1, 0.15) is 11.5 Å². The van der Waals surface area contributed by atoms with E-state index < -0.39 is 0 Å². The number of guanidine groups is 1. The molecule has 2 rings (SSSR count). The summed E-state index contributed by atoms with van der Waals surface area (Å²) >= 11 is 0. The van der Waals surface area contributed by atoms with Crippen LogP contribution in [0.15, 0.2) is 23.2 Å². The molecule has 1 heterocycles. The van der Waals surface area contributed by atoms with Crippen LogP contribution in [0.1, 0.15) is 34.1 Å². The SMILES string of the molecule is CCNC(=NCC(C)N(CC)CC)NC1CCN(c2cc(OC)cc(OC)c2)C1.I. The Bertz CT molecular complexity index is 632. The maximum Gasteiger partial charge on any atom is 0.191 e. The summed E-state index contributed by atoms with van der Waals surface area (Å²) in [5.74, 6) is 2.54. The van der Waals surface area contributed by atoms with E-state index in [1.807, 2.05) is 6.07 Å². The van der Waals surface area contributed by atoms with Gasteiger partial charge in [-0.15, -0.1) is 24.0 Å². The Hall–Kier alpha value is -1.42. The largest absolute Gasteiger partial charge is 0.497 e. The quantitative estimate of drug-likeness (QED) is 0.274. The Balaban J connectivity index is 0.00000450. The van der Waals surface area contributed by atoms with Crippen molar-refractivity contribution >= 4 is 35.6 Å². The highest BCUT2D eigenvalue weighted by Crippen LogP contribution is 2.30. The van der Waals surface area contributed by atoms with E-state index in [1.54, 1.807) is 14.2 Å². The van der Waals surface area contributed by atoms with Gasteiger partial charge < -0.3 is 25.0 Å². The monoisotopic (exact) mass is 533 g/mol. The molecule has 7 nitrogen and oxygen atoms in total. The topological polar surface area (TPSA) is 61.4 Å². The molecular formula is C22H40IN5O2. The first-order valence-electron chi connectivity index (χ1n) is 10.8. The number of anilines is 1. The van der Waals surface area contributed by atoms with Gasteiger partial charge in [0.2, 0.25) is 0 Å². The molecule has 1 aromatic carbocycles. The number of rotatable bonds is 10. The second-order valence-corrected chi connectivity index (χ2v) is 7.44. The summed E-state index contributed by atoms with van der Waals surface area (Å²) in [7, 11) is 3.37. The molecular weight excluding hydrogens is 493 g/mol. The zero-order valence-electron chi connectivity index (χ0n) is 19.4. The number of methoxy groups -OCH3 is 2. The van der Waals surface area contributed by atoms with Crippen molar-refractivity contribution in [2.45, 2.75) is 46.2 Å². The minimum atomic E-state index is 0. The highest BCUT2D eigenvalue weighted by Gasteiger charge is 2.24. The third-order valence-corrected chi connectivity index (χ3v) is 5.52. The summed E-state index contributed by atoms with van der Waals surface area (Å²) in [6.07, 6.45) is 1.07. The number of nitrogens with zero attached hydrogens (tertiary/aromatic N) is 3. The summed E-state index contributed by atoms with van der Waals surface area (Å²) < 4.78 is 10.8. The first-order valence-corrected chi connectivity index (χ1v) is 10.8. The molecule has 2 N–H and O–H groups in total. The van der Waals surface area contributed by atoms with Crippen LogP contribution < -0.4 is 25.0 Å². The Morgan fingerprint density at radius 3 is 2.33 bits per heavy atom. The number of benzene rings is 1. The Morgan fingerprint density at radius 1 is 1.17 bits per heavy atom. The molecule has 30 heavy (non-hydrogen) atoms. The highest BCUT2D eigenvalue weighted by atomic mass is 127. The van der Waals surface area contributed by atoms with Crippen LogP contribution in [0.2, 0.25) is 0 Å². The van der Waals surface area contributed by atoms with E-state index in [1.165, 1.54) is 0 Å². The number of ether oxygens (including phenoxy) is 2. The molecule has 1 aliphatic heterocycles. The van der Waals surface area contributed by atoms with Crippen LogP contribution in [0, 0.1) is 0 Å². The molecule has 1 aromatic rings. The molecule has 8 heteroatoms. The fourth-order valence-corrected chi connectivity index (χ4v) is 3.79. The van der Waals surface area contributed by atoms with Gasteiger partial charge in [-0.1, -0.05) is 13.8 Å². The molecule has 0 saturated carbocycles. The van der Waals surface area contributed by atoms with Crippen molar-refractivity contribution in [3.8, 4) is 11.5 Å². The zero-order valence-corrected chi connectivity index (χ0v) is 21.7. The molecule has 2 unspecified atom stereocenters. The average Bonchev–Trinajstić information content (AvgIpc) is 3.21. The van der Waals surface area contributed by atoms with E-state index >= 15 is 0 Å². The summed E-state index contributed by atoms with van der Waals surface area (Å²) in [6, 6.07) is 6.83. The fraction of sp³-hybridized carbons (Fsp3) is 0.682. The summed E-state index contributed by atoms with van der Waals surface area (Å²) in [5, 5.41) is 7.01. The third-order valence-electron chi connectivity index (χ3n) is 5.52. The molecule has 0 aliphatic carbocycles. The highest BCUT2D eigenvalue weighted by molar-refractivity contribution is 14.0. The summed E-state index contributed by atoms with van der Waals surface area (Å²) in [5.41, 5.74) is 1.13. The third kappa shape index (κ3) is 7.68. The molecule has 1 saturated heterocycles. The van der Waals surface area contributed by atoms with Gasteiger partial charge in [0.15, 0.2) is 5.96 Å². The lowest BCUT2D eigenvalue weighted by molar-refractivity contribution is 0.237. The van der Waals surface area contributed by atoms with Crippen LogP contribution in [0.4, 0.5) is 5.69 Å². The Morgan fingerprint density at radius 2 is 1.80 bits per heavy atom. The number of likely N-dealkylation sites (N-methyl/N-ethyl adjacent to an activating group) is 1. The van der Waals surface area contributed by atoms with Crippen molar-refractivity contribution in [2.24, 2.45) is 4.99 Å². The first kappa shape index (κ1) is 26.6. The van der Waals surface area contributed by atoms with Gasteiger partial charge in [-0.05, 0) is 33.4 Å². The van der Waals surface area contributed by atoms with Gasteiger partial charge in [-0.25, -0.2) is 0 Å². The lowest BCUT2D eigenvalue weighted by Crippen LogP contribution is -2.45. The van der Waals surface area contributed by atoms with Crippen molar-refractivity contribution in [2.75, 3.05) is 58.4 Å². The van der Waals surface area contributed by atoms with Gasteiger partial charge in [-0.2, -0.15) is 0 Å². The predicted octanol–water partition coefficient (Wildman–Crippen LogP) is 3.19.